The Balaban J connectivity index is 2.06. The SMILES string of the molecule is CC12CC3CC1CC(N)(C3)C2. The summed E-state index contributed by atoms with van der Waals surface area (Å²) in [6.07, 6.45) is 6.96. The highest BCUT2D eigenvalue weighted by atomic mass is 14.8. The number of rotatable bonds is 0. The van der Waals surface area contributed by atoms with Gasteiger partial charge in [-0.05, 0) is 49.4 Å². The van der Waals surface area contributed by atoms with E-state index in [2.05, 4.69) is 6.92 Å². The summed E-state index contributed by atoms with van der Waals surface area (Å²) in [6, 6.07) is 0. The highest BCUT2D eigenvalue weighted by molar-refractivity contribution is 5.14. The van der Waals surface area contributed by atoms with Crippen molar-refractivity contribution in [3.63, 3.8) is 0 Å². The van der Waals surface area contributed by atoms with Gasteiger partial charge in [-0.1, -0.05) is 6.92 Å². The van der Waals surface area contributed by atoms with Gasteiger partial charge in [0.25, 0.3) is 0 Å². The van der Waals surface area contributed by atoms with Crippen molar-refractivity contribution in [2.45, 2.75) is 44.6 Å². The molecule has 0 aromatic heterocycles. The van der Waals surface area contributed by atoms with Gasteiger partial charge in [0.2, 0.25) is 0 Å². The third-order valence-electron chi connectivity index (χ3n) is 4.46. The second-order valence-corrected chi connectivity index (χ2v) is 5.60. The molecule has 4 aliphatic rings. The molecule has 4 saturated carbocycles. The van der Waals surface area contributed by atoms with Crippen molar-refractivity contribution in [1.82, 2.24) is 0 Å². The third-order valence-corrected chi connectivity index (χ3v) is 4.46. The molecule has 0 radical (unpaired) electrons. The van der Waals surface area contributed by atoms with Crippen LogP contribution in [0, 0.1) is 17.3 Å². The van der Waals surface area contributed by atoms with Crippen molar-refractivity contribution in [2.24, 2.45) is 23.0 Å². The second kappa shape index (κ2) is 1.52. The summed E-state index contributed by atoms with van der Waals surface area (Å²) in [4.78, 5) is 0. The van der Waals surface area contributed by atoms with Crippen molar-refractivity contribution in [1.29, 1.82) is 0 Å². The Hall–Kier alpha value is -0.0400. The average molecular weight is 151 g/mol. The number of hydrogen-bond donors (Lipinski definition) is 1. The molecule has 0 heterocycles. The molecule has 0 amide bonds. The van der Waals surface area contributed by atoms with Crippen LogP contribution in [0.1, 0.15) is 39.0 Å². The smallest absolute Gasteiger partial charge is 0.0165 e. The standard InChI is InChI=1S/C10H17N/c1-9-3-7-2-8(9)5-10(11,4-7)6-9/h7-8H,2-6,11H2,1H3. The lowest BCUT2D eigenvalue weighted by molar-refractivity contribution is 0.197. The van der Waals surface area contributed by atoms with Gasteiger partial charge in [0.1, 0.15) is 0 Å². The zero-order valence-corrected chi connectivity index (χ0v) is 7.27. The minimum absolute atomic E-state index is 0.278. The molecule has 0 aliphatic heterocycles. The Morgan fingerprint density at radius 3 is 2.64 bits per heavy atom. The molecule has 0 saturated heterocycles. The van der Waals surface area contributed by atoms with E-state index in [1.165, 1.54) is 32.1 Å². The summed E-state index contributed by atoms with van der Waals surface area (Å²) in [5, 5.41) is 0. The van der Waals surface area contributed by atoms with E-state index >= 15 is 0 Å². The highest BCUT2D eigenvalue weighted by Gasteiger charge is 2.60. The normalized spacial score (nSPS) is 66.0. The van der Waals surface area contributed by atoms with E-state index < -0.39 is 0 Å². The zero-order valence-electron chi connectivity index (χ0n) is 7.27. The number of nitrogens with two attached hydrogens (primary N) is 1. The molecule has 0 aromatic rings. The molecule has 4 unspecified atom stereocenters. The van der Waals surface area contributed by atoms with Gasteiger partial charge in [0, 0.05) is 5.54 Å². The van der Waals surface area contributed by atoms with Crippen LogP contribution in [0.15, 0.2) is 0 Å². The molecular formula is C10H17N. The quantitative estimate of drug-likeness (QED) is 0.562. The van der Waals surface area contributed by atoms with Crippen molar-refractivity contribution in [2.75, 3.05) is 0 Å². The summed E-state index contributed by atoms with van der Waals surface area (Å²) in [5.74, 6) is 1.99. The van der Waals surface area contributed by atoms with Gasteiger partial charge in [-0.2, -0.15) is 0 Å². The lowest BCUT2D eigenvalue weighted by atomic mass is 9.73. The summed E-state index contributed by atoms with van der Waals surface area (Å²) in [7, 11) is 0. The zero-order chi connectivity index (χ0) is 7.69. The van der Waals surface area contributed by atoms with Crippen molar-refractivity contribution in [3.8, 4) is 0 Å². The van der Waals surface area contributed by atoms with Crippen LogP contribution in [-0.2, 0) is 0 Å². The maximum atomic E-state index is 6.31. The Morgan fingerprint density at radius 2 is 2.09 bits per heavy atom. The Labute approximate surface area is 68.3 Å². The maximum Gasteiger partial charge on any atom is 0.0165 e. The van der Waals surface area contributed by atoms with E-state index in [0.717, 1.165) is 11.8 Å². The lowest BCUT2D eigenvalue weighted by Crippen LogP contribution is -2.43. The predicted molar refractivity (Wildman–Crippen MR) is 45.1 cm³/mol. The molecule has 62 valence electrons. The number of hydrogen-bond acceptors (Lipinski definition) is 1. The van der Waals surface area contributed by atoms with E-state index in [-0.39, 0.29) is 5.54 Å². The molecule has 4 bridgehead atoms. The van der Waals surface area contributed by atoms with Crippen LogP contribution in [0.2, 0.25) is 0 Å². The molecular weight excluding hydrogens is 134 g/mol. The van der Waals surface area contributed by atoms with E-state index in [1.54, 1.807) is 0 Å². The summed E-state index contributed by atoms with van der Waals surface area (Å²) in [6.45, 7) is 2.46. The van der Waals surface area contributed by atoms with Crippen molar-refractivity contribution >= 4 is 0 Å². The summed E-state index contributed by atoms with van der Waals surface area (Å²) < 4.78 is 0. The molecule has 4 rings (SSSR count). The fourth-order valence-electron chi connectivity index (χ4n) is 4.40. The summed E-state index contributed by atoms with van der Waals surface area (Å²) in [5.41, 5.74) is 7.25. The maximum absolute atomic E-state index is 6.31. The lowest BCUT2D eigenvalue weighted by Gasteiger charge is -2.36. The van der Waals surface area contributed by atoms with Crippen LogP contribution in [0.3, 0.4) is 0 Å². The fourth-order valence-corrected chi connectivity index (χ4v) is 4.40. The van der Waals surface area contributed by atoms with Gasteiger partial charge in [0.15, 0.2) is 0 Å². The highest BCUT2D eigenvalue weighted by Crippen LogP contribution is 2.65. The molecule has 0 spiro atoms. The van der Waals surface area contributed by atoms with Crippen LogP contribution in [-0.4, -0.2) is 5.54 Å². The van der Waals surface area contributed by atoms with Gasteiger partial charge in [-0.3, -0.25) is 0 Å². The van der Waals surface area contributed by atoms with E-state index in [4.69, 9.17) is 5.73 Å². The van der Waals surface area contributed by atoms with Crippen LogP contribution in [0.5, 0.6) is 0 Å². The van der Waals surface area contributed by atoms with Gasteiger partial charge in [-0.25, -0.2) is 0 Å². The first-order valence-corrected chi connectivity index (χ1v) is 4.89. The predicted octanol–water partition coefficient (Wildman–Crippen LogP) is 1.91. The van der Waals surface area contributed by atoms with Crippen LogP contribution < -0.4 is 5.73 Å². The van der Waals surface area contributed by atoms with Crippen molar-refractivity contribution < 1.29 is 0 Å². The molecule has 4 atom stereocenters. The molecule has 4 fully saturated rings. The molecule has 11 heavy (non-hydrogen) atoms. The van der Waals surface area contributed by atoms with Crippen molar-refractivity contribution in [3.05, 3.63) is 0 Å². The monoisotopic (exact) mass is 151 g/mol. The van der Waals surface area contributed by atoms with E-state index in [1.807, 2.05) is 0 Å². The minimum atomic E-state index is 0.278. The van der Waals surface area contributed by atoms with Crippen LogP contribution in [0.4, 0.5) is 0 Å². The molecule has 2 N–H and O–H groups in total. The third kappa shape index (κ3) is 0.658. The summed E-state index contributed by atoms with van der Waals surface area (Å²) >= 11 is 0. The van der Waals surface area contributed by atoms with Crippen LogP contribution in [0.25, 0.3) is 0 Å². The van der Waals surface area contributed by atoms with Crippen LogP contribution >= 0.6 is 0 Å². The molecule has 1 heteroatoms. The van der Waals surface area contributed by atoms with Gasteiger partial charge >= 0.3 is 0 Å². The molecule has 4 aliphatic carbocycles. The average Bonchev–Trinajstić information content (AvgIpc) is 2.09. The Morgan fingerprint density at radius 1 is 1.27 bits per heavy atom. The first kappa shape index (κ1) is 6.47. The van der Waals surface area contributed by atoms with Gasteiger partial charge in [0.05, 0.1) is 0 Å². The molecule has 0 aromatic carbocycles. The topological polar surface area (TPSA) is 26.0 Å². The first-order chi connectivity index (χ1) is 5.10. The first-order valence-electron chi connectivity index (χ1n) is 4.89. The van der Waals surface area contributed by atoms with E-state index in [9.17, 15) is 0 Å². The minimum Gasteiger partial charge on any atom is -0.325 e. The van der Waals surface area contributed by atoms with Gasteiger partial charge < -0.3 is 5.73 Å². The Kier molecular flexibility index (Phi) is 0.893. The second-order valence-electron chi connectivity index (χ2n) is 5.60. The largest absolute Gasteiger partial charge is 0.325 e. The van der Waals surface area contributed by atoms with Gasteiger partial charge in [-0.15, -0.1) is 0 Å². The Bertz CT molecular complexity index is 211. The van der Waals surface area contributed by atoms with E-state index in [0.29, 0.717) is 5.41 Å². The fraction of sp³-hybridized carbons (Fsp3) is 1.00. The molecule has 1 nitrogen and oxygen atoms in total.